The molecule has 3 heteroatoms. The van der Waals surface area contributed by atoms with Crippen LogP contribution < -0.4 is 0 Å². The van der Waals surface area contributed by atoms with E-state index in [0.29, 0.717) is 12.3 Å². The van der Waals surface area contributed by atoms with Crippen LogP contribution in [0.15, 0.2) is 24.3 Å². The van der Waals surface area contributed by atoms with E-state index in [9.17, 15) is 4.79 Å². The molecule has 0 spiro atoms. The predicted octanol–water partition coefficient (Wildman–Crippen LogP) is 2.57. The van der Waals surface area contributed by atoms with Gasteiger partial charge < -0.3 is 9.47 Å². The summed E-state index contributed by atoms with van der Waals surface area (Å²) < 4.78 is 2.30. The highest BCUT2D eigenvalue weighted by atomic mass is 16.2. The van der Waals surface area contributed by atoms with Crippen LogP contribution in [0, 0.1) is 0 Å². The largest absolute Gasteiger partial charge is 0.345 e. The van der Waals surface area contributed by atoms with Gasteiger partial charge in [0.2, 0.25) is 5.91 Å². The maximum atomic E-state index is 12.1. The zero-order valence-corrected chi connectivity index (χ0v) is 11.4. The second kappa shape index (κ2) is 3.41. The standard InChI is InChI=1S/C16H18N2O/c1-16-9-7-14(19)18(16)10-8-12-11-5-3-4-6-13(11)17(2)15(12)16/h3-6H,7-10H2,1-2H3. The molecule has 0 aliphatic carbocycles. The van der Waals surface area contributed by atoms with E-state index < -0.39 is 0 Å². The molecule has 1 aromatic heterocycles. The van der Waals surface area contributed by atoms with Gasteiger partial charge in [-0.3, -0.25) is 4.79 Å². The number of hydrogen-bond donors (Lipinski definition) is 0. The highest BCUT2D eigenvalue weighted by Crippen LogP contribution is 2.46. The first-order valence-corrected chi connectivity index (χ1v) is 7.00. The van der Waals surface area contributed by atoms with E-state index in [1.165, 1.54) is 22.2 Å². The molecule has 2 aliphatic rings. The SMILES string of the molecule is Cn1c2c(c3ccccc31)CCN1C(=O)CCC21C. The second-order valence-electron chi connectivity index (χ2n) is 5.97. The van der Waals surface area contributed by atoms with Crippen molar-refractivity contribution < 1.29 is 4.79 Å². The molecule has 1 saturated heterocycles. The molecule has 3 heterocycles. The molecular weight excluding hydrogens is 236 g/mol. The van der Waals surface area contributed by atoms with Gasteiger partial charge in [0.1, 0.15) is 0 Å². The Kier molecular flexibility index (Phi) is 1.99. The van der Waals surface area contributed by atoms with Gasteiger partial charge in [-0.1, -0.05) is 18.2 Å². The van der Waals surface area contributed by atoms with Gasteiger partial charge in [0.25, 0.3) is 0 Å². The maximum Gasteiger partial charge on any atom is 0.223 e. The van der Waals surface area contributed by atoms with Crippen molar-refractivity contribution in [1.82, 2.24) is 9.47 Å². The number of benzene rings is 1. The first kappa shape index (κ1) is 11.1. The summed E-state index contributed by atoms with van der Waals surface area (Å²) in [4.78, 5) is 14.2. The van der Waals surface area contributed by atoms with Crippen LogP contribution in [-0.2, 0) is 23.8 Å². The third-order valence-corrected chi connectivity index (χ3v) is 5.03. The zero-order valence-electron chi connectivity index (χ0n) is 11.4. The van der Waals surface area contributed by atoms with E-state index >= 15 is 0 Å². The van der Waals surface area contributed by atoms with Crippen molar-refractivity contribution in [3.8, 4) is 0 Å². The van der Waals surface area contributed by atoms with Crippen LogP contribution in [0.5, 0.6) is 0 Å². The first-order chi connectivity index (χ1) is 9.13. The van der Waals surface area contributed by atoms with Crippen molar-refractivity contribution in [2.75, 3.05) is 6.54 Å². The fourth-order valence-corrected chi connectivity index (χ4v) is 4.15. The van der Waals surface area contributed by atoms with Gasteiger partial charge >= 0.3 is 0 Å². The van der Waals surface area contributed by atoms with Crippen molar-refractivity contribution in [2.45, 2.75) is 31.7 Å². The predicted molar refractivity (Wildman–Crippen MR) is 74.9 cm³/mol. The summed E-state index contributed by atoms with van der Waals surface area (Å²) in [7, 11) is 2.14. The number of nitrogens with zero attached hydrogens (tertiary/aromatic N) is 2. The molecule has 1 fully saturated rings. The summed E-state index contributed by atoms with van der Waals surface area (Å²) in [6.07, 6.45) is 2.62. The summed E-state index contributed by atoms with van der Waals surface area (Å²) in [5.41, 5.74) is 3.99. The first-order valence-electron chi connectivity index (χ1n) is 7.00. The van der Waals surface area contributed by atoms with Crippen LogP contribution in [0.4, 0.5) is 0 Å². The van der Waals surface area contributed by atoms with Gasteiger partial charge in [0, 0.05) is 36.6 Å². The molecule has 0 N–H and O–H groups in total. The molecule has 19 heavy (non-hydrogen) atoms. The number of rotatable bonds is 0. The van der Waals surface area contributed by atoms with Crippen LogP contribution >= 0.6 is 0 Å². The number of aryl methyl sites for hydroxylation is 1. The number of para-hydroxylation sites is 1. The third kappa shape index (κ3) is 1.20. The molecule has 0 saturated carbocycles. The molecule has 1 unspecified atom stereocenters. The molecule has 1 amide bonds. The molecule has 0 bridgehead atoms. The third-order valence-electron chi connectivity index (χ3n) is 5.03. The van der Waals surface area contributed by atoms with Crippen molar-refractivity contribution in [3.05, 3.63) is 35.5 Å². The number of amides is 1. The van der Waals surface area contributed by atoms with E-state index in [0.717, 1.165) is 19.4 Å². The monoisotopic (exact) mass is 254 g/mol. The molecule has 2 aromatic rings. The van der Waals surface area contributed by atoms with Crippen molar-refractivity contribution in [2.24, 2.45) is 7.05 Å². The number of hydrogen-bond acceptors (Lipinski definition) is 1. The second-order valence-corrected chi connectivity index (χ2v) is 5.97. The average Bonchev–Trinajstić information content (AvgIpc) is 2.88. The summed E-state index contributed by atoms with van der Waals surface area (Å²) in [6.45, 7) is 3.10. The quantitative estimate of drug-likeness (QED) is 0.709. The Hall–Kier alpha value is -1.77. The fourth-order valence-electron chi connectivity index (χ4n) is 4.15. The molecule has 98 valence electrons. The minimum absolute atomic E-state index is 0.0988. The van der Waals surface area contributed by atoms with E-state index in [2.05, 4.69) is 47.7 Å². The summed E-state index contributed by atoms with van der Waals surface area (Å²) >= 11 is 0. The lowest BCUT2D eigenvalue weighted by molar-refractivity contribution is -0.131. The Bertz CT molecular complexity index is 700. The van der Waals surface area contributed by atoms with Crippen LogP contribution in [0.1, 0.15) is 31.0 Å². The molecule has 1 atom stereocenters. The van der Waals surface area contributed by atoms with Gasteiger partial charge in [-0.2, -0.15) is 0 Å². The highest BCUT2D eigenvalue weighted by molar-refractivity contribution is 5.88. The normalized spacial score (nSPS) is 25.8. The number of aromatic nitrogens is 1. The van der Waals surface area contributed by atoms with Gasteiger partial charge in [-0.25, -0.2) is 0 Å². The molecule has 3 nitrogen and oxygen atoms in total. The molecular formula is C16H18N2O. The van der Waals surface area contributed by atoms with Crippen LogP contribution in [-0.4, -0.2) is 21.9 Å². The Morgan fingerprint density at radius 1 is 1.21 bits per heavy atom. The van der Waals surface area contributed by atoms with Gasteiger partial charge in [-0.05, 0) is 31.4 Å². The van der Waals surface area contributed by atoms with Gasteiger partial charge in [0.05, 0.1) is 5.54 Å². The minimum atomic E-state index is -0.0988. The fraction of sp³-hybridized carbons (Fsp3) is 0.438. The van der Waals surface area contributed by atoms with E-state index in [1.54, 1.807) is 0 Å². The Balaban J connectivity index is 2.06. The smallest absolute Gasteiger partial charge is 0.223 e. The van der Waals surface area contributed by atoms with Crippen LogP contribution in [0.2, 0.25) is 0 Å². The van der Waals surface area contributed by atoms with Gasteiger partial charge in [0.15, 0.2) is 0 Å². The average molecular weight is 254 g/mol. The number of fused-ring (bicyclic) bond motifs is 5. The Morgan fingerprint density at radius 2 is 2.00 bits per heavy atom. The van der Waals surface area contributed by atoms with Crippen molar-refractivity contribution in [1.29, 1.82) is 0 Å². The number of carbonyl (C=O) groups excluding carboxylic acids is 1. The van der Waals surface area contributed by atoms with E-state index in [4.69, 9.17) is 0 Å². The summed E-state index contributed by atoms with van der Waals surface area (Å²) in [5.74, 6) is 0.318. The van der Waals surface area contributed by atoms with E-state index in [1.807, 2.05) is 0 Å². The molecule has 1 aromatic carbocycles. The highest BCUT2D eigenvalue weighted by Gasteiger charge is 2.48. The van der Waals surface area contributed by atoms with Gasteiger partial charge in [-0.15, -0.1) is 0 Å². The van der Waals surface area contributed by atoms with Crippen LogP contribution in [0.25, 0.3) is 10.9 Å². The summed E-state index contributed by atoms with van der Waals surface area (Å²) in [5, 5.41) is 1.36. The van der Waals surface area contributed by atoms with Crippen LogP contribution in [0.3, 0.4) is 0 Å². The van der Waals surface area contributed by atoms with Crippen molar-refractivity contribution >= 4 is 16.8 Å². The minimum Gasteiger partial charge on any atom is -0.345 e. The molecule has 0 radical (unpaired) electrons. The van der Waals surface area contributed by atoms with Crippen molar-refractivity contribution in [3.63, 3.8) is 0 Å². The molecule has 4 rings (SSSR count). The Morgan fingerprint density at radius 3 is 2.84 bits per heavy atom. The summed E-state index contributed by atoms with van der Waals surface area (Å²) in [6, 6.07) is 8.59. The molecule has 2 aliphatic heterocycles. The topological polar surface area (TPSA) is 25.2 Å². The Labute approximate surface area is 112 Å². The number of carbonyl (C=O) groups is 1. The zero-order chi connectivity index (χ0) is 13.2. The lowest BCUT2D eigenvalue weighted by Crippen LogP contribution is -2.46. The van der Waals surface area contributed by atoms with E-state index in [-0.39, 0.29) is 5.54 Å². The maximum absolute atomic E-state index is 12.1. The lowest BCUT2D eigenvalue weighted by Gasteiger charge is -2.40. The lowest BCUT2D eigenvalue weighted by atomic mass is 9.86.